The molecule has 31 heavy (non-hydrogen) atoms. The lowest BCUT2D eigenvalue weighted by atomic mass is 9.80. The standard InChI is InChI=1S/C29H29NO/c1-20-10-12-21(13-11-20)18-22-14-16-24(17-15-22)29-25(23-6-3-2-4-7-23)19-26-27(30-29)8-5-9-28(26)31/h2-8,14-17,19-21H,9-13,18H2,1H3. The molecule has 0 amide bonds. The highest BCUT2D eigenvalue weighted by Gasteiger charge is 2.21. The van der Waals surface area contributed by atoms with E-state index in [2.05, 4.69) is 43.3 Å². The van der Waals surface area contributed by atoms with Gasteiger partial charge in [0.1, 0.15) is 0 Å². The summed E-state index contributed by atoms with van der Waals surface area (Å²) in [5, 5.41) is 0. The van der Waals surface area contributed by atoms with Gasteiger partial charge >= 0.3 is 0 Å². The van der Waals surface area contributed by atoms with Gasteiger partial charge in [0.2, 0.25) is 0 Å². The molecule has 0 radical (unpaired) electrons. The summed E-state index contributed by atoms with van der Waals surface area (Å²) in [6.45, 7) is 2.38. The number of carbonyl (C=O) groups excluding carboxylic acids is 1. The van der Waals surface area contributed by atoms with Crippen LogP contribution in [0.4, 0.5) is 0 Å². The quantitative estimate of drug-likeness (QED) is 0.451. The SMILES string of the molecule is CC1CCC(Cc2ccc(-c3nc4c(cc3-c3ccccc3)C(=O)CC=C4)cc2)CC1. The van der Waals surface area contributed by atoms with E-state index in [0.29, 0.717) is 6.42 Å². The van der Waals surface area contributed by atoms with E-state index in [4.69, 9.17) is 4.98 Å². The Morgan fingerprint density at radius 1 is 0.871 bits per heavy atom. The Balaban J connectivity index is 1.49. The number of benzene rings is 2. The highest BCUT2D eigenvalue weighted by molar-refractivity contribution is 6.04. The second-order valence-corrected chi connectivity index (χ2v) is 9.24. The van der Waals surface area contributed by atoms with Crippen molar-refractivity contribution >= 4 is 11.9 Å². The number of carbonyl (C=O) groups is 1. The maximum atomic E-state index is 12.5. The third kappa shape index (κ3) is 4.25. The summed E-state index contributed by atoms with van der Waals surface area (Å²) in [4.78, 5) is 17.4. The molecular formula is C29H29NO. The molecule has 1 heterocycles. The molecule has 0 spiro atoms. The van der Waals surface area contributed by atoms with Crippen molar-refractivity contribution in [3.8, 4) is 22.4 Å². The molecule has 2 aromatic carbocycles. The summed E-state index contributed by atoms with van der Waals surface area (Å²) in [6.07, 6.45) is 11.0. The monoisotopic (exact) mass is 407 g/mol. The van der Waals surface area contributed by atoms with Gasteiger partial charge in [-0.1, -0.05) is 80.4 Å². The Morgan fingerprint density at radius 2 is 1.61 bits per heavy atom. The molecule has 156 valence electrons. The molecule has 2 nitrogen and oxygen atoms in total. The van der Waals surface area contributed by atoms with Gasteiger partial charge in [-0.2, -0.15) is 0 Å². The third-order valence-corrected chi connectivity index (χ3v) is 6.90. The largest absolute Gasteiger partial charge is 0.294 e. The number of hydrogen-bond donors (Lipinski definition) is 0. The molecule has 2 aliphatic rings. The van der Waals surface area contributed by atoms with E-state index in [1.807, 2.05) is 36.4 Å². The zero-order valence-electron chi connectivity index (χ0n) is 18.2. The number of ketones is 1. The lowest BCUT2D eigenvalue weighted by Gasteiger charge is -2.26. The number of fused-ring (bicyclic) bond motifs is 1. The first-order chi connectivity index (χ1) is 15.2. The number of hydrogen-bond acceptors (Lipinski definition) is 2. The van der Waals surface area contributed by atoms with E-state index in [-0.39, 0.29) is 5.78 Å². The fraction of sp³-hybridized carbons (Fsp3) is 0.310. The summed E-state index contributed by atoms with van der Waals surface area (Å²) >= 11 is 0. The number of aromatic nitrogens is 1. The molecule has 3 aromatic rings. The fourth-order valence-corrected chi connectivity index (χ4v) is 4.99. The molecule has 0 saturated heterocycles. The molecule has 5 rings (SSSR count). The molecule has 0 aliphatic heterocycles. The third-order valence-electron chi connectivity index (χ3n) is 6.90. The van der Waals surface area contributed by atoms with Crippen LogP contribution in [0.25, 0.3) is 28.5 Å². The normalized spacial score (nSPS) is 20.5. The van der Waals surface area contributed by atoms with E-state index in [1.54, 1.807) is 0 Å². The van der Waals surface area contributed by atoms with Crippen LogP contribution in [0.15, 0.2) is 66.7 Å². The van der Waals surface area contributed by atoms with E-state index in [1.165, 1.54) is 37.7 Å². The van der Waals surface area contributed by atoms with Crippen molar-refractivity contribution in [2.45, 2.75) is 45.4 Å². The average molecular weight is 408 g/mol. The van der Waals surface area contributed by atoms with Gasteiger partial charge in [-0.15, -0.1) is 0 Å². The average Bonchev–Trinajstić information content (AvgIpc) is 2.81. The summed E-state index contributed by atoms with van der Waals surface area (Å²) in [7, 11) is 0. The molecular weight excluding hydrogens is 378 g/mol. The second-order valence-electron chi connectivity index (χ2n) is 9.24. The number of rotatable bonds is 4. The van der Waals surface area contributed by atoms with Crippen molar-refractivity contribution in [1.29, 1.82) is 0 Å². The highest BCUT2D eigenvalue weighted by atomic mass is 16.1. The van der Waals surface area contributed by atoms with Crippen LogP contribution in [0.1, 0.15) is 60.6 Å². The number of pyridine rings is 1. The van der Waals surface area contributed by atoms with Crippen LogP contribution < -0.4 is 0 Å². The van der Waals surface area contributed by atoms with Crippen LogP contribution in [0.2, 0.25) is 0 Å². The predicted octanol–water partition coefficient (Wildman–Crippen LogP) is 7.38. The van der Waals surface area contributed by atoms with E-state index >= 15 is 0 Å². The molecule has 0 atom stereocenters. The Kier molecular flexibility index (Phi) is 5.55. The fourth-order valence-electron chi connectivity index (χ4n) is 4.99. The van der Waals surface area contributed by atoms with Crippen LogP contribution in [-0.4, -0.2) is 10.8 Å². The van der Waals surface area contributed by atoms with Crippen LogP contribution >= 0.6 is 0 Å². The maximum absolute atomic E-state index is 12.5. The van der Waals surface area contributed by atoms with Gasteiger partial charge in [0.05, 0.1) is 11.4 Å². The van der Waals surface area contributed by atoms with Crippen LogP contribution in [0.3, 0.4) is 0 Å². The van der Waals surface area contributed by atoms with Gasteiger partial charge < -0.3 is 0 Å². The van der Waals surface area contributed by atoms with Gasteiger partial charge in [-0.25, -0.2) is 4.98 Å². The minimum atomic E-state index is 0.144. The predicted molar refractivity (Wildman–Crippen MR) is 128 cm³/mol. The smallest absolute Gasteiger partial charge is 0.168 e. The van der Waals surface area contributed by atoms with E-state index in [0.717, 1.165) is 45.5 Å². The summed E-state index contributed by atoms with van der Waals surface area (Å²) in [6, 6.07) is 21.3. The first-order valence-corrected chi connectivity index (χ1v) is 11.6. The van der Waals surface area contributed by atoms with Crippen LogP contribution in [-0.2, 0) is 6.42 Å². The first kappa shape index (κ1) is 19.9. The Hall–Kier alpha value is -3.00. The lowest BCUT2D eigenvalue weighted by Crippen LogP contribution is -2.14. The number of Topliss-reactive ketones (excluding diaryl/α,β-unsaturated/α-hetero) is 1. The topological polar surface area (TPSA) is 30.0 Å². The van der Waals surface area contributed by atoms with Gasteiger partial charge in [0, 0.05) is 23.1 Å². The number of nitrogens with zero attached hydrogens (tertiary/aromatic N) is 1. The summed E-state index contributed by atoms with van der Waals surface area (Å²) in [5.74, 6) is 1.86. The molecule has 0 bridgehead atoms. The van der Waals surface area contributed by atoms with Crippen LogP contribution in [0.5, 0.6) is 0 Å². The second kappa shape index (κ2) is 8.63. The molecule has 1 aromatic heterocycles. The van der Waals surface area contributed by atoms with Gasteiger partial charge in [0.15, 0.2) is 5.78 Å². The minimum absolute atomic E-state index is 0.144. The zero-order chi connectivity index (χ0) is 21.2. The minimum Gasteiger partial charge on any atom is -0.294 e. The van der Waals surface area contributed by atoms with Crippen molar-refractivity contribution in [3.63, 3.8) is 0 Å². The Morgan fingerprint density at radius 3 is 2.35 bits per heavy atom. The van der Waals surface area contributed by atoms with E-state index < -0.39 is 0 Å². The summed E-state index contributed by atoms with van der Waals surface area (Å²) in [5.41, 5.74) is 7.10. The first-order valence-electron chi connectivity index (χ1n) is 11.6. The van der Waals surface area contributed by atoms with Crippen molar-refractivity contribution < 1.29 is 4.79 Å². The summed E-state index contributed by atoms with van der Waals surface area (Å²) < 4.78 is 0. The molecule has 1 fully saturated rings. The van der Waals surface area contributed by atoms with Gasteiger partial charge in [-0.05, 0) is 54.4 Å². The lowest BCUT2D eigenvalue weighted by molar-refractivity contribution is 0.0994. The Labute approximate surface area is 185 Å². The maximum Gasteiger partial charge on any atom is 0.168 e. The Bertz CT molecular complexity index is 1100. The molecule has 2 heteroatoms. The van der Waals surface area contributed by atoms with Crippen molar-refractivity contribution in [2.75, 3.05) is 0 Å². The molecule has 0 unspecified atom stereocenters. The van der Waals surface area contributed by atoms with E-state index in [9.17, 15) is 4.79 Å². The highest BCUT2D eigenvalue weighted by Crippen LogP contribution is 2.35. The molecule has 2 aliphatic carbocycles. The van der Waals surface area contributed by atoms with Crippen LogP contribution in [0, 0.1) is 11.8 Å². The molecule has 1 saturated carbocycles. The van der Waals surface area contributed by atoms with Crippen molar-refractivity contribution in [2.24, 2.45) is 11.8 Å². The zero-order valence-corrected chi connectivity index (χ0v) is 18.2. The van der Waals surface area contributed by atoms with Crippen molar-refractivity contribution in [1.82, 2.24) is 4.98 Å². The van der Waals surface area contributed by atoms with Gasteiger partial charge in [0.25, 0.3) is 0 Å². The van der Waals surface area contributed by atoms with Gasteiger partial charge in [-0.3, -0.25) is 4.79 Å². The van der Waals surface area contributed by atoms with Crippen molar-refractivity contribution in [3.05, 3.63) is 83.6 Å². The number of allylic oxidation sites excluding steroid dienone is 1. The molecule has 0 N–H and O–H groups in total.